The second-order valence-corrected chi connectivity index (χ2v) is 6.99. The maximum atomic E-state index is 12.4. The Labute approximate surface area is 162 Å². The fourth-order valence-electron chi connectivity index (χ4n) is 3.46. The highest BCUT2D eigenvalue weighted by Crippen LogP contribution is 2.40. The quantitative estimate of drug-likeness (QED) is 0.737. The SMILES string of the molecule is COC(=O)N1CCc2cc(OC)c(OC)cc2C1Cc1ccccc1Br. The van der Waals surface area contributed by atoms with Crippen LogP contribution in [0.1, 0.15) is 22.7 Å². The Hall–Kier alpha value is -2.21. The number of amides is 1. The molecule has 0 bridgehead atoms. The zero-order valence-electron chi connectivity index (χ0n) is 15.1. The molecule has 3 rings (SSSR count). The molecule has 0 N–H and O–H groups in total. The van der Waals surface area contributed by atoms with Crippen molar-refractivity contribution in [1.82, 2.24) is 4.90 Å². The fraction of sp³-hybridized carbons (Fsp3) is 0.350. The van der Waals surface area contributed by atoms with Crippen molar-refractivity contribution >= 4 is 22.0 Å². The molecule has 0 saturated carbocycles. The lowest BCUT2D eigenvalue weighted by Gasteiger charge is -2.37. The van der Waals surface area contributed by atoms with Crippen LogP contribution in [-0.2, 0) is 17.6 Å². The Morgan fingerprint density at radius 1 is 1.15 bits per heavy atom. The van der Waals surface area contributed by atoms with E-state index in [1.165, 1.54) is 12.7 Å². The predicted octanol–water partition coefficient (Wildman–Crippen LogP) is 4.37. The van der Waals surface area contributed by atoms with Gasteiger partial charge >= 0.3 is 6.09 Å². The molecule has 2 aromatic carbocycles. The number of fused-ring (bicyclic) bond motifs is 1. The van der Waals surface area contributed by atoms with E-state index in [1.54, 1.807) is 19.1 Å². The first-order valence-electron chi connectivity index (χ1n) is 8.41. The molecule has 1 atom stereocenters. The number of carbonyl (C=O) groups excluding carboxylic acids is 1. The van der Waals surface area contributed by atoms with Crippen LogP contribution >= 0.6 is 15.9 Å². The molecule has 138 valence electrons. The van der Waals surface area contributed by atoms with Gasteiger partial charge in [0.25, 0.3) is 0 Å². The Bertz CT molecular complexity index is 808. The van der Waals surface area contributed by atoms with Crippen molar-refractivity contribution in [1.29, 1.82) is 0 Å². The molecule has 0 aromatic heterocycles. The lowest BCUT2D eigenvalue weighted by atomic mass is 9.88. The van der Waals surface area contributed by atoms with Gasteiger partial charge in [0.1, 0.15) is 0 Å². The van der Waals surface area contributed by atoms with Crippen molar-refractivity contribution in [3.05, 3.63) is 57.6 Å². The van der Waals surface area contributed by atoms with Gasteiger partial charge in [-0.2, -0.15) is 0 Å². The summed E-state index contributed by atoms with van der Waals surface area (Å²) in [5, 5.41) is 0. The lowest BCUT2D eigenvalue weighted by Crippen LogP contribution is -2.41. The number of benzene rings is 2. The molecule has 0 aliphatic carbocycles. The third kappa shape index (κ3) is 3.51. The zero-order valence-corrected chi connectivity index (χ0v) is 16.7. The number of hydrogen-bond donors (Lipinski definition) is 0. The van der Waals surface area contributed by atoms with Gasteiger partial charge in [0.05, 0.1) is 27.4 Å². The van der Waals surface area contributed by atoms with E-state index < -0.39 is 0 Å². The normalized spacial score (nSPS) is 16.0. The monoisotopic (exact) mass is 419 g/mol. The molecule has 1 aliphatic heterocycles. The van der Waals surface area contributed by atoms with Gasteiger partial charge in [-0.25, -0.2) is 4.79 Å². The highest BCUT2D eigenvalue weighted by Gasteiger charge is 2.33. The van der Waals surface area contributed by atoms with Crippen molar-refractivity contribution in [2.75, 3.05) is 27.9 Å². The summed E-state index contributed by atoms with van der Waals surface area (Å²) < 4.78 is 17.0. The van der Waals surface area contributed by atoms with E-state index in [0.29, 0.717) is 24.5 Å². The Balaban J connectivity index is 2.07. The highest BCUT2D eigenvalue weighted by atomic mass is 79.9. The minimum atomic E-state index is -0.317. The summed E-state index contributed by atoms with van der Waals surface area (Å²) in [6, 6.07) is 11.9. The molecule has 5 nitrogen and oxygen atoms in total. The van der Waals surface area contributed by atoms with Crippen LogP contribution in [0.25, 0.3) is 0 Å². The van der Waals surface area contributed by atoms with Crippen molar-refractivity contribution in [3.63, 3.8) is 0 Å². The zero-order chi connectivity index (χ0) is 18.7. The maximum absolute atomic E-state index is 12.4. The van der Waals surface area contributed by atoms with E-state index in [1.807, 2.05) is 30.3 Å². The molecular weight excluding hydrogens is 398 g/mol. The van der Waals surface area contributed by atoms with E-state index in [0.717, 1.165) is 22.0 Å². The van der Waals surface area contributed by atoms with Gasteiger partial charge in [-0.05, 0) is 47.7 Å². The van der Waals surface area contributed by atoms with Crippen LogP contribution < -0.4 is 9.47 Å². The Morgan fingerprint density at radius 3 is 2.50 bits per heavy atom. The molecule has 0 spiro atoms. The van der Waals surface area contributed by atoms with Crippen molar-refractivity contribution in [2.24, 2.45) is 0 Å². The largest absolute Gasteiger partial charge is 0.493 e. The summed E-state index contributed by atoms with van der Waals surface area (Å²) in [4.78, 5) is 14.2. The summed E-state index contributed by atoms with van der Waals surface area (Å²) in [6.45, 7) is 0.601. The van der Waals surface area contributed by atoms with E-state index in [9.17, 15) is 4.79 Å². The predicted molar refractivity (Wildman–Crippen MR) is 103 cm³/mol. The van der Waals surface area contributed by atoms with Crippen LogP contribution in [0.2, 0.25) is 0 Å². The van der Waals surface area contributed by atoms with Gasteiger partial charge in [-0.1, -0.05) is 34.1 Å². The van der Waals surface area contributed by atoms with E-state index in [-0.39, 0.29) is 12.1 Å². The first kappa shape index (κ1) is 18.6. The summed E-state index contributed by atoms with van der Waals surface area (Å²) >= 11 is 3.61. The minimum absolute atomic E-state index is 0.135. The number of rotatable bonds is 4. The first-order valence-corrected chi connectivity index (χ1v) is 9.21. The van der Waals surface area contributed by atoms with Gasteiger partial charge in [0, 0.05) is 11.0 Å². The topological polar surface area (TPSA) is 48.0 Å². The molecule has 1 heterocycles. The van der Waals surface area contributed by atoms with Crippen LogP contribution in [0.3, 0.4) is 0 Å². The maximum Gasteiger partial charge on any atom is 0.410 e. The third-order valence-corrected chi connectivity index (χ3v) is 5.56. The van der Waals surface area contributed by atoms with Crippen LogP contribution in [0, 0.1) is 0 Å². The molecule has 1 amide bonds. The molecular formula is C20H22BrNO4. The van der Waals surface area contributed by atoms with Crippen molar-refractivity contribution in [3.8, 4) is 11.5 Å². The molecule has 0 fully saturated rings. The lowest BCUT2D eigenvalue weighted by molar-refractivity contribution is 0.100. The van der Waals surface area contributed by atoms with Gasteiger partial charge < -0.3 is 19.1 Å². The molecule has 6 heteroatoms. The fourth-order valence-corrected chi connectivity index (χ4v) is 3.90. The number of methoxy groups -OCH3 is 3. The summed E-state index contributed by atoms with van der Waals surface area (Å²) in [7, 11) is 4.67. The summed E-state index contributed by atoms with van der Waals surface area (Å²) in [5.74, 6) is 1.37. The number of hydrogen-bond acceptors (Lipinski definition) is 4. The molecule has 1 aliphatic rings. The molecule has 26 heavy (non-hydrogen) atoms. The minimum Gasteiger partial charge on any atom is -0.493 e. The smallest absolute Gasteiger partial charge is 0.410 e. The first-order chi connectivity index (χ1) is 12.6. The van der Waals surface area contributed by atoms with Gasteiger partial charge in [-0.3, -0.25) is 0 Å². The van der Waals surface area contributed by atoms with Gasteiger partial charge in [-0.15, -0.1) is 0 Å². The molecule has 1 unspecified atom stereocenters. The number of halogens is 1. The highest BCUT2D eigenvalue weighted by molar-refractivity contribution is 9.10. The van der Waals surface area contributed by atoms with E-state index in [4.69, 9.17) is 14.2 Å². The number of carbonyl (C=O) groups is 1. The standard InChI is InChI=1S/C20H22BrNO4/c1-24-18-11-13-8-9-22(20(23)26-3)17(15(13)12-19(18)25-2)10-14-6-4-5-7-16(14)21/h4-7,11-12,17H,8-10H2,1-3H3. The second-order valence-electron chi connectivity index (χ2n) is 6.13. The van der Waals surface area contributed by atoms with E-state index >= 15 is 0 Å². The van der Waals surface area contributed by atoms with Crippen LogP contribution in [-0.4, -0.2) is 38.9 Å². The number of nitrogens with zero attached hydrogens (tertiary/aromatic N) is 1. The van der Waals surface area contributed by atoms with E-state index in [2.05, 4.69) is 22.0 Å². The molecule has 0 saturated heterocycles. The van der Waals surface area contributed by atoms with Gasteiger partial charge in [0.15, 0.2) is 11.5 Å². The molecule has 2 aromatic rings. The van der Waals surface area contributed by atoms with Crippen LogP contribution in [0.15, 0.2) is 40.9 Å². The van der Waals surface area contributed by atoms with Crippen molar-refractivity contribution in [2.45, 2.75) is 18.9 Å². The summed E-state index contributed by atoms with van der Waals surface area (Å²) in [6.07, 6.45) is 1.11. The second kappa shape index (κ2) is 7.99. The average Bonchev–Trinajstić information content (AvgIpc) is 2.68. The number of ether oxygens (including phenoxy) is 3. The van der Waals surface area contributed by atoms with Gasteiger partial charge in [0.2, 0.25) is 0 Å². The van der Waals surface area contributed by atoms with Crippen LogP contribution in [0.4, 0.5) is 4.79 Å². The Kier molecular flexibility index (Phi) is 5.71. The van der Waals surface area contributed by atoms with Crippen LogP contribution in [0.5, 0.6) is 11.5 Å². The third-order valence-electron chi connectivity index (χ3n) is 4.78. The average molecular weight is 420 g/mol. The van der Waals surface area contributed by atoms with Crippen molar-refractivity contribution < 1.29 is 19.0 Å². The summed E-state index contributed by atoms with van der Waals surface area (Å²) in [5.41, 5.74) is 3.36. The molecule has 0 radical (unpaired) electrons. The Morgan fingerprint density at radius 2 is 1.85 bits per heavy atom.